The van der Waals surface area contributed by atoms with Crippen molar-refractivity contribution < 1.29 is 9.37 Å². The number of anilines is 1. The Balaban J connectivity index is 1.43. The highest BCUT2D eigenvalue weighted by molar-refractivity contribution is 9.10. The third-order valence-corrected chi connectivity index (χ3v) is 4.68. The minimum Gasteiger partial charge on any atom is -0.379 e. The smallest absolute Gasteiger partial charge is 0.158 e. The number of fused-ring (bicyclic) bond motifs is 1. The molecule has 0 atom stereocenters. The molecule has 7 heteroatoms. The first-order chi connectivity index (χ1) is 10.3. The van der Waals surface area contributed by atoms with Crippen LogP contribution in [0.1, 0.15) is 0 Å². The van der Waals surface area contributed by atoms with E-state index < -0.39 is 0 Å². The molecule has 0 bridgehead atoms. The number of rotatable bonds is 3. The van der Waals surface area contributed by atoms with Crippen LogP contribution in [0.5, 0.6) is 0 Å². The summed E-state index contributed by atoms with van der Waals surface area (Å²) in [4.78, 5) is 4.85. The first-order valence-corrected chi connectivity index (χ1v) is 8.06. The number of aromatic nitrogens is 2. The van der Waals surface area contributed by atoms with Crippen molar-refractivity contribution in [3.8, 4) is 0 Å². The lowest BCUT2D eigenvalue weighted by atomic mass is 9.98. The van der Waals surface area contributed by atoms with Gasteiger partial charge in [-0.2, -0.15) is 0 Å². The Morgan fingerprint density at radius 2 is 2.00 bits per heavy atom. The average Bonchev–Trinajstić information content (AvgIpc) is 2.91. The van der Waals surface area contributed by atoms with Crippen LogP contribution in [0.2, 0.25) is 0 Å². The highest BCUT2D eigenvalue weighted by atomic mass is 79.9. The van der Waals surface area contributed by atoms with Crippen molar-refractivity contribution in [2.75, 3.05) is 50.8 Å². The zero-order chi connectivity index (χ0) is 14.2. The monoisotopic (exact) mass is 352 g/mol. The van der Waals surface area contributed by atoms with Gasteiger partial charge in [0.15, 0.2) is 5.52 Å². The maximum absolute atomic E-state index is 5.39. The standard InChI is InChI=1S/C14H17BrN4O2/c15-11-5-12-14(17-21-16-12)13(6-11)19-8-10(9-19)7-18-1-3-20-4-2-18/h5-6,10H,1-4,7-9H2. The van der Waals surface area contributed by atoms with E-state index in [2.05, 4.69) is 42.1 Å². The van der Waals surface area contributed by atoms with E-state index in [1.165, 1.54) is 0 Å². The van der Waals surface area contributed by atoms with Crippen LogP contribution in [-0.2, 0) is 4.74 Å². The zero-order valence-electron chi connectivity index (χ0n) is 11.7. The van der Waals surface area contributed by atoms with Gasteiger partial charge in [0.25, 0.3) is 0 Å². The second kappa shape index (κ2) is 5.55. The van der Waals surface area contributed by atoms with Crippen molar-refractivity contribution in [2.45, 2.75) is 0 Å². The molecule has 1 aromatic heterocycles. The fourth-order valence-electron chi connectivity index (χ4n) is 3.11. The van der Waals surface area contributed by atoms with Crippen molar-refractivity contribution >= 4 is 32.7 Å². The molecule has 2 fully saturated rings. The lowest BCUT2D eigenvalue weighted by Gasteiger charge is -2.43. The fraction of sp³-hybridized carbons (Fsp3) is 0.571. The van der Waals surface area contributed by atoms with Gasteiger partial charge in [-0.05, 0) is 22.4 Å². The van der Waals surface area contributed by atoms with Gasteiger partial charge in [-0.1, -0.05) is 15.9 Å². The van der Waals surface area contributed by atoms with Crippen LogP contribution in [0.4, 0.5) is 5.69 Å². The molecule has 2 aromatic rings. The van der Waals surface area contributed by atoms with E-state index >= 15 is 0 Å². The molecule has 0 aliphatic carbocycles. The number of hydrogen-bond donors (Lipinski definition) is 0. The quantitative estimate of drug-likeness (QED) is 0.838. The number of morpholine rings is 1. The lowest BCUT2D eigenvalue weighted by Crippen LogP contribution is -2.53. The Morgan fingerprint density at radius 3 is 2.81 bits per heavy atom. The summed E-state index contributed by atoms with van der Waals surface area (Å²) in [6.45, 7) is 7.15. The van der Waals surface area contributed by atoms with Crippen molar-refractivity contribution in [3.05, 3.63) is 16.6 Å². The molecule has 0 amide bonds. The molecule has 1 aromatic carbocycles. The molecule has 0 saturated carbocycles. The van der Waals surface area contributed by atoms with Gasteiger partial charge >= 0.3 is 0 Å². The molecule has 0 radical (unpaired) electrons. The highest BCUT2D eigenvalue weighted by Gasteiger charge is 2.31. The van der Waals surface area contributed by atoms with Gasteiger partial charge in [0.05, 0.1) is 18.9 Å². The molecule has 3 heterocycles. The topological polar surface area (TPSA) is 54.6 Å². The van der Waals surface area contributed by atoms with E-state index in [0.717, 1.165) is 73.0 Å². The molecular formula is C14H17BrN4O2. The Bertz CT molecular complexity index is 635. The van der Waals surface area contributed by atoms with Crippen molar-refractivity contribution in [2.24, 2.45) is 5.92 Å². The summed E-state index contributed by atoms with van der Waals surface area (Å²) in [5, 5.41) is 7.96. The van der Waals surface area contributed by atoms with Crippen LogP contribution < -0.4 is 4.90 Å². The molecule has 6 nitrogen and oxygen atoms in total. The van der Waals surface area contributed by atoms with Crippen LogP contribution in [0, 0.1) is 5.92 Å². The molecule has 0 N–H and O–H groups in total. The van der Waals surface area contributed by atoms with Gasteiger partial charge in [-0.25, -0.2) is 4.63 Å². The fourth-order valence-corrected chi connectivity index (χ4v) is 3.54. The second-order valence-electron chi connectivity index (χ2n) is 5.74. The van der Waals surface area contributed by atoms with Crippen LogP contribution in [-0.4, -0.2) is 61.2 Å². The molecule has 2 aliphatic rings. The summed E-state index contributed by atoms with van der Waals surface area (Å²) in [7, 11) is 0. The van der Waals surface area contributed by atoms with Crippen LogP contribution >= 0.6 is 15.9 Å². The molecule has 112 valence electrons. The third-order valence-electron chi connectivity index (χ3n) is 4.22. The van der Waals surface area contributed by atoms with Crippen molar-refractivity contribution in [3.63, 3.8) is 0 Å². The first-order valence-electron chi connectivity index (χ1n) is 7.26. The summed E-state index contributed by atoms with van der Waals surface area (Å²) in [6, 6.07) is 4.03. The summed E-state index contributed by atoms with van der Waals surface area (Å²) < 4.78 is 11.3. The predicted molar refractivity (Wildman–Crippen MR) is 82.5 cm³/mol. The first kappa shape index (κ1) is 13.5. The number of nitrogens with zero attached hydrogens (tertiary/aromatic N) is 4. The van der Waals surface area contributed by atoms with Gasteiger partial charge in [-0.3, -0.25) is 4.90 Å². The molecule has 21 heavy (non-hydrogen) atoms. The van der Waals surface area contributed by atoms with Crippen LogP contribution in [0.15, 0.2) is 21.2 Å². The SMILES string of the molecule is Brc1cc(N2CC(CN3CCOCC3)C2)c2nonc2c1. The van der Waals surface area contributed by atoms with Gasteiger partial charge in [0.1, 0.15) is 5.52 Å². The largest absolute Gasteiger partial charge is 0.379 e. The van der Waals surface area contributed by atoms with E-state index in [4.69, 9.17) is 9.37 Å². The number of hydrogen-bond acceptors (Lipinski definition) is 6. The van der Waals surface area contributed by atoms with Gasteiger partial charge in [0, 0.05) is 43.1 Å². The molecule has 0 unspecified atom stereocenters. The van der Waals surface area contributed by atoms with Crippen LogP contribution in [0.3, 0.4) is 0 Å². The molecular weight excluding hydrogens is 336 g/mol. The Morgan fingerprint density at radius 1 is 1.19 bits per heavy atom. The summed E-state index contributed by atoms with van der Waals surface area (Å²) in [5.74, 6) is 0.719. The third kappa shape index (κ3) is 2.65. The van der Waals surface area contributed by atoms with E-state index in [0.29, 0.717) is 0 Å². The summed E-state index contributed by atoms with van der Waals surface area (Å²) in [6.07, 6.45) is 0. The minimum atomic E-state index is 0.719. The maximum Gasteiger partial charge on any atom is 0.158 e. The number of halogens is 1. The van der Waals surface area contributed by atoms with Crippen molar-refractivity contribution in [1.29, 1.82) is 0 Å². The predicted octanol–water partition coefficient (Wildman–Crippen LogP) is 1.75. The van der Waals surface area contributed by atoms with E-state index in [9.17, 15) is 0 Å². The number of ether oxygens (including phenoxy) is 1. The normalized spacial score (nSPS) is 20.9. The second-order valence-corrected chi connectivity index (χ2v) is 6.66. The maximum atomic E-state index is 5.39. The molecule has 0 spiro atoms. The summed E-state index contributed by atoms with van der Waals surface area (Å²) >= 11 is 3.53. The van der Waals surface area contributed by atoms with Gasteiger partial charge in [0.2, 0.25) is 0 Å². The minimum absolute atomic E-state index is 0.719. The van der Waals surface area contributed by atoms with E-state index in [1.54, 1.807) is 0 Å². The van der Waals surface area contributed by atoms with Gasteiger partial charge in [-0.15, -0.1) is 0 Å². The molecule has 2 saturated heterocycles. The summed E-state index contributed by atoms with van der Waals surface area (Å²) in [5.41, 5.74) is 2.76. The Labute approximate surface area is 131 Å². The highest BCUT2D eigenvalue weighted by Crippen LogP contribution is 2.33. The van der Waals surface area contributed by atoms with Crippen LogP contribution in [0.25, 0.3) is 11.0 Å². The average molecular weight is 353 g/mol. The zero-order valence-corrected chi connectivity index (χ0v) is 13.3. The lowest BCUT2D eigenvalue weighted by molar-refractivity contribution is 0.0286. The molecule has 4 rings (SSSR count). The Kier molecular flexibility index (Phi) is 3.56. The Hall–Kier alpha value is -1.18. The van der Waals surface area contributed by atoms with Gasteiger partial charge < -0.3 is 9.64 Å². The molecule has 2 aliphatic heterocycles. The number of benzene rings is 1. The van der Waals surface area contributed by atoms with E-state index in [1.807, 2.05) is 6.07 Å². The van der Waals surface area contributed by atoms with E-state index in [-0.39, 0.29) is 0 Å². The van der Waals surface area contributed by atoms with Crippen molar-refractivity contribution in [1.82, 2.24) is 15.2 Å².